The lowest BCUT2D eigenvalue weighted by Crippen LogP contribution is -2.41. The highest BCUT2D eigenvalue weighted by molar-refractivity contribution is 14.0. The molecule has 3 heterocycles. The molecule has 1 N–H and O–H groups in total. The van der Waals surface area contributed by atoms with Crippen molar-refractivity contribution >= 4 is 47.1 Å². The SMILES string of the molecule is CCNC(=NCc1ccnc(N2CCOC(C)C2)c1)N(C)CCc1cccs1.I. The molecule has 1 unspecified atom stereocenters. The van der Waals surface area contributed by atoms with Crippen LogP contribution >= 0.6 is 35.3 Å². The van der Waals surface area contributed by atoms with Gasteiger partial charge in [-0.25, -0.2) is 9.98 Å². The summed E-state index contributed by atoms with van der Waals surface area (Å²) in [6.07, 6.45) is 3.16. The van der Waals surface area contributed by atoms with Gasteiger partial charge in [0.1, 0.15) is 5.82 Å². The van der Waals surface area contributed by atoms with Crippen LogP contribution in [0.3, 0.4) is 0 Å². The number of likely N-dealkylation sites (N-methyl/N-ethyl adjacent to an activating group) is 1. The molecule has 1 atom stereocenters. The second kappa shape index (κ2) is 12.3. The van der Waals surface area contributed by atoms with E-state index in [1.54, 1.807) is 0 Å². The van der Waals surface area contributed by atoms with E-state index in [1.165, 1.54) is 10.4 Å². The van der Waals surface area contributed by atoms with E-state index in [1.807, 2.05) is 23.6 Å². The van der Waals surface area contributed by atoms with Crippen molar-refractivity contribution in [2.45, 2.75) is 32.9 Å². The first-order valence-corrected chi connectivity index (χ1v) is 10.9. The Hall–Kier alpha value is -1.39. The number of halogens is 1. The Kier molecular flexibility index (Phi) is 10.2. The van der Waals surface area contributed by atoms with Gasteiger partial charge in [-0.05, 0) is 49.4 Å². The molecule has 0 saturated carbocycles. The maximum Gasteiger partial charge on any atom is 0.193 e. The van der Waals surface area contributed by atoms with Crippen molar-refractivity contribution < 1.29 is 4.74 Å². The first-order valence-electron chi connectivity index (χ1n) is 9.99. The number of aromatic nitrogens is 1. The van der Waals surface area contributed by atoms with Crippen LogP contribution in [0.2, 0.25) is 0 Å². The molecule has 3 rings (SSSR count). The van der Waals surface area contributed by atoms with Crippen molar-refractivity contribution in [2.24, 2.45) is 4.99 Å². The van der Waals surface area contributed by atoms with Crippen molar-refractivity contribution in [1.29, 1.82) is 0 Å². The fourth-order valence-electron chi connectivity index (χ4n) is 3.23. The van der Waals surface area contributed by atoms with E-state index in [0.29, 0.717) is 6.54 Å². The summed E-state index contributed by atoms with van der Waals surface area (Å²) in [5.74, 6) is 1.95. The smallest absolute Gasteiger partial charge is 0.193 e. The number of hydrogen-bond donors (Lipinski definition) is 1. The van der Waals surface area contributed by atoms with Crippen LogP contribution in [0.4, 0.5) is 5.82 Å². The number of pyridine rings is 1. The number of nitrogens with zero attached hydrogens (tertiary/aromatic N) is 4. The average molecular weight is 529 g/mol. The molecule has 0 bridgehead atoms. The van der Waals surface area contributed by atoms with Crippen molar-refractivity contribution in [3.05, 3.63) is 46.3 Å². The van der Waals surface area contributed by atoms with Gasteiger partial charge in [0.2, 0.25) is 0 Å². The predicted molar refractivity (Wildman–Crippen MR) is 133 cm³/mol. The highest BCUT2D eigenvalue weighted by Crippen LogP contribution is 2.17. The molecule has 160 valence electrons. The van der Waals surface area contributed by atoms with Gasteiger partial charge < -0.3 is 19.9 Å². The summed E-state index contributed by atoms with van der Waals surface area (Å²) in [6.45, 7) is 9.18. The summed E-state index contributed by atoms with van der Waals surface area (Å²) in [5.41, 5.74) is 1.17. The zero-order valence-corrected chi connectivity index (χ0v) is 20.7. The molecule has 0 radical (unpaired) electrons. The molecule has 29 heavy (non-hydrogen) atoms. The van der Waals surface area contributed by atoms with E-state index in [0.717, 1.165) is 51.0 Å². The van der Waals surface area contributed by atoms with E-state index in [-0.39, 0.29) is 30.1 Å². The number of anilines is 1. The highest BCUT2D eigenvalue weighted by atomic mass is 127. The van der Waals surface area contributed by atoms with Crippen molar-refractivity contribution in [2.75, 3.05) is 44.7 Å². The zero-order valence-electron chi connectivity index (χ0n) is 17.5. The standard InChI is InChI=1S/C21H31N5OS.HI/c1-4-22-21(25(3)10-8-19-6-5-13-28-19)24-15-18-7-9-23-20(14-18)26-11-12-27-17(2)16-26;/h5-7,9,13-14,17H,4,8,10-12,15-16H2,1-3H3,(H,22,24);1H. The third kappa shape index (κ3) is 7.42. The van der Waals surface area contributed by atoms with E-state index in [2.05, 4.69) is 64.6 Å². The van der Waals surface area contributed by atoms with E-state index >= 15 is 0 Å². The van der Waals surface area contributed by atoms with Crippen LogP contribution in [-0.2, 0) is 17.7 Å². The van der Waals surface area contributed by atoms with Gasteiger partial charge in [-0.1, -0.05) is 6.07 Å². The molecule has 8 heteroatoms. The molecule has 1 aliphatic heterocycles. The Bertz CT molecular complexity index is 755. The number of ether oxygens (including phenoxy) is 1. The van der Waals surface area contributed by atoms with Crippen LogP contribution in [-0.4, -0.2) is 61.8 Å². The zero-order chi connectivity index (χ0) is 19.8. The summed E-state index contributed by atoms with van der Waals surface area (Å²) in [6, 6.07) is 8.49. The Balaban J connectivity index is 0.00000300. The van der Waals surface area contributed by atoms with Crippen LogP contribution in [0.5, 0.6) is 0 Å². The number of nitrogens with one attached hydrogen (secondary N) is 1. The van der Waals surface area contributed by atoms with Crippen molar-refractivity contribution in [3.63, 3.8) is 0 Å². The van der Waals surface area contributed by atoms with Gasteiger partial charge in [0.15, 0.2) is 5.96 Å². The molecule has 1 saturated heterocycles. The molecule has 2 aromatic heterocycles. The molecule has 2 aromatic rings. The average Bonchev–Trinajstić information content (AvgIpc) is 3.23. The quantitative estimate of drug-likeness (QED) is 0.338. The Morgan fingerprint density at radius 1 is 1.45 bits per heavy atom. The van der Waals surface area contributed by atoms with Gasteiger partial charge in [-0.2, -0.15) is 0 Å². The summed E-state index contributed by atoms with van der Waals surface area (Å²) >= 11 is 1.81. The summed E-state index contributed by atoms with van der Waals surface area (Å²) in [4.78, 5) is 15.3. The van der Waals surface area contributed by atoms with Gasteiger partial charge >= 0.3 is 0 Å². The third-order valence-corrected chi connectivity index (χ3v) is 5.69. The van der Waals surface area contributed by atoms with Crippen molar-refractivity contribution in [3.8, 4) is 0 Å². The maximum atomic E-state index is 5.64. The fourth-order valence-corrected chi connectivity index (χ4v) is 3.93. The van der Waals surface area contributed by atoms with Crippen LogP contribution in [0.15, 0.2) is 40.8 Å². The third-order valence-electron chi connectivity index (χ3n) is 4.76. The monoisotopic (exact) mass is 529 g/mol. The molecule has 1 aliphatic rings. The molecular formula is C21H32IN5OS. The van der Waals surface area contributed by atoms with E-state index in [9.17, 15) is 0 Å². The number of morpholine rings is 1. The summed E-state index contributed by atoms with van der Waals surface area (Å²) < 4.78 is 5.64. The largest absolute Gasteiger partial charge is 0.375 e. The first kappa shape index (κ1) is 23.9. The number of rotatable bonds is 7. The molecule has 0 amide bonds. The molecule has 0 spiro atoms. The normalized spacial score (nSPS) is 17.0. The minimum Gasteiger partial charge on any atom is -0.375 e. The number of guanidine groups is 1. The van der Waals surface area contributed by atoms with E-state index in [4.69, 9.17) is 9.73 Å². The summed E-state index contributed by atoms with van der Waals surface area (Å²) in [5, 5.41) is 5.53. The molecule has 1 fully saturated rings. The maximum absolute atomic E-state index is 5.64. The van der Waals surface area contributed by atoms with Gasteiger partial charge in [0, 0.05) is 44.3 Å². The number of aliphatic imine (C=N–C) groups is 1. The van der Waals surface area contributed by atoms with Crippen LogP contribution < -0.4 is 10.2 Å². The predicted octanol–water partition coefficient (Wildman–Crippen LogP) is 3.63. The van der Waals surface area contributed by atoms with E-state index < -0.39 is 0 Å². The minimum atomic E-state index is 0. The summed E-state index contributed by atoms with van der Waals surface area (Å²) in [7, 11) is 2.10. The highest BCUT2D eigenvalue weighted by Gasteiger charge is 2.18. The molecule has 0 aliphatic carbocycles. The minimum absolute atomic E-state index is 0. The van der Waals surface area contributed by atoms with Gasteiger partial charge in [0.25, 0.3) is 0 Å². The van der Waals surface area contributed by atoms with Crippen LogP contribution in [0.1, 0.15) is 24.3 Å². The van der Waals surface area contributed by atoms with Crippen LogP contribution in [0.25, 0.3) is 0 Å². The topological polar surface area (TPSA) is 53.0 Å². The lowest BCUT2D eigenvalue weighted by atomic mass is 10.2. The lowest BCUT2D eigenvalue weighted by molar-refractivity contribution is 0.0529. The second-order valence-corrected chi connectivity index (χ2v) is 8.10. The molecular weight excluding hydrogens is 497 g/mol. The fraction of sp³-hybridized carbons (Fsp3) is 0.524. The van der Waals surface area contributed by atoms with Crippen LogP contribution in [0, 0.1) is 0 Å². The Labute approximate surface area is 195 Å². The first-order chi connectivity index (χ1) is 13.7. The van der Waals surface area contributed by atoms with Gasteiger partial charge in [-0.3, -0.25) is 0 Å². The Morgan fingerprint density at radius 2 is 2.31 bits per heavy atom. The Morgan fingerprint density at radius 3 is 3.03 bits per heavy atom. The number of thiophene rings is 1. The lowest BCUT2D eigenvalue weighted by Gasteiger charge is -2.32. The molecule has 0 aromatic carbocycles. The van der Waals surface area contributed by atoms with Gasteiger partial charge in [0.05, 0.1) is 19.3 Å². The van der Waals surface area contributed by atoms with Crippen molar-refractivity contribution in [1.82, 2.24) is 15.2 Å². The number of hydrogen-bond acceptors (Lipinski definition) is 5. The molecule has 6 nitrogen and oxygen atoms in total. The second-order valence-electron chi connectivity index (χ2n) is 7.07. The van der Waals surface area contributed by atoms with Gasteiger partial charge in [-0.15, -0.1) is 35.3 Å².